The molecule has 0 aromatic heterocycles. The van der Waals surface area contributed by atoms with Crippen molar-refractivity contribution in [1.29, 1.82) is 0 Å². The zero-order valence-corrected chi connectivity index (χ0v) is 15.7. The second kappa shape index (κ2) is 9.00. The molecule has 144 valence electrons. The maximum atomic E-state index is 13.8. The first-order chi connectivity index (χ1) is 13.1. The average Bonchev–Trinajstić information content (AvgIpc) is 2.68. The lowest BCUT2D eigenvalue weighted by Gasteiger charge is -2.36. The molecule has 1 saturated carbocycles. The molecule has 2 aromatic rings. The summed E-state index contributed by atoms with van der Waals surface area (Å²) in [6, 6.07) is 14.0. The van der Waals surface area contributed by atoms with Gasteiger partial charge in [0.15, 0.2) is 0 Å². The van der Waals surface area contributed by atoms with Gasteiger partial charge in [0.25, 0.3) is 5.91 Å². The number of amides is 1. The molecule has 1 fully saturated rings. The van der Waals surface area contributed by atoms with E-state index < -0.39 is 0 Å². The number of rotatable bonds is 6. The molecule has 5 heteroatoms. The van der Waals surface area contributed by atoms with Crippen molar-refractivity contribution in [2.24, 2.45) is 5.73 Å². The molecule has 1 aliphatic carbocycles. The topological polar surface area (TPSA) is 55.6 Å². The minimum Gasteiger partial charge on any atom is -0.488 e. The van der Waals surface area contributed by atoms with Crippen molar-refractivity contribution in [2.45, 2.75) is 51.3 Å². The standard InChI is InChI=1S/C22H27FN2O2/c1-2-25(18-10-7-9-17(24)14-18)22(26)19-11-4-6-13-21(19)27-15-16-8-3-5-12-20(16)23/h3-6,8,11-13,17-18H,2,7,9-10,14-15,24H2,1H3/t17-,18+/m0/s1. The van der Waals surface area contributed by atoms with E-state index in [-0.39, 0.29) is 30.4 Å². The number of nitrogens with zero attached hydrogens (tertiary/aromatic N) is 1. The van der Waals surface area contributed by atoms with Crippen molar-refractivity contribution in [3.8, 4) is 5.75 Å². The molecule has 2 N–H and O–H groups in total. The number of para-hydroxylation sites is 1. The van der Waals surface area contributed by atoms with Gasteiger partial charge >= 0.3 is 0 Å². The molecule has 27 heavy (non-hydrogen) atoms. The van der Waals surface area contributed by atoms with E-state index in [2.05, 4.69) is 0 Å². The summed E-state index contributed by atoms with van der Waals surface area (Å²) >= 11 is 0. The molecular weight excluding hydrogens is 343 g/mol. The molecule has 0 spiro atoms. The molecule has 4 nitrogen and oxygen atoms in total. The lowest BCUT2D eigenvalue weighted by molar-refractivity contribution is 0.0633. The van der Waals surface area contributed by atoms with Crippen LogP contribution >= 0.6 is 0 Å². The molecule has 1 amide bonds. The van der Waals surface area contributed by atoms with Crippen LogP contribution in [0, 0.1) is 5.82 Å². The van der Waals surface area contributed by atoms with Crippen LogP contribution in [0.5, 0.6) is 5.75 Å². The molecule has 3 rings (SSSR count). The molecule has 0 bridgehead atoms. The number of carbonyl (C=O) groups excluding carboxylic acids is 1. The quantitative estimate of drug-likeness (QED) is 0.832. The summed E-state index contributed by atoms with van der Waals surface area (Å²) in [4.78, 5) is 15.1. The normalized spacial score (nSPS) is 19.5. The number of halogens is 1. The Labute approximate surface area is 160 Å². The van der Waals surface area contributed by atoms with Crippen LogP contribution in [-0.2, 0) is 6.61 Å². The van der Waals surface area contributed by atoms with Gasteiger partial charge in [0, 0.05) is 24.2 Å². The third-order valence-electron chi connectivity index (χ3n) is 5.19. The van der Waals surface area contributed by atoms with Crippen LogP contribution in [0.2, 0.25) is 0 Å². The van der Waals surface area contributed by atoms with E-state index in [1.165, 1.54) is 6.07 Å². The predicted molar refractivity (Wildman–Crippen MR) is 104 cm³/mol. The smallest absolute Gasteiger partial charge is 0.257 e. The highest BCUT2D eigenvalue weighted by molar-refractivity contribution is 5.97. The Bertz CT molecular complexity index is 780. The van der Waals surface area contributed by atoms with Crippen LogP contribution in [-0.4, -0.2) is 29.4 Å². The molecule has 0 radical (unpaired) electrons. The Morgan fingerprint density at radius 1 is 1.19 bits per heavy atom. The minimum absolute atomic E-state index is 0.0549. The van der Waals surface area contributed by atoms with Gasteiger partial charge in [-0.2, -0.15) is 0 Å². The largest absolute Gasteiger partial charge is 0.488 e. The van der Waals surface area contributed by atoms with Crippen molar-refractivity contribution in [3.05, 3.63) is 65.5 Å². The van der Waals surface area contributed by atoms with Gasteiger partial charge in [-0.3, -0.25) is 4.79 Å². The second-order valence-electron chi connectivity index (χ2n) is 7.05. The van der Waals surface area contributed by atoms with Gasteiger partial charge in [-0.1, -0.05) is 30.3 Å². The average molecular weight is 370 g/mol. The molecule has 1 aliphatic rings. The van der Waals surface area contributed by atoms with E-state index in [9.17, 15) is 9.18 Å². The summed E-state index contributed by atoms with van der Waals surface area (Å²) in [6.07, 6.45) is 3.87. The molecule has 0 unspecified atom stereocenters. The van der Waals surface area contributed by atoms with Crippen LogP contribution < -0.4 is 10.5 Å². The molecule has 2 atom stereocenters. The van der Waals surface area contributed by atoms with Gasteiger partial charge in [-0.15, -0.1) is 0 Å². The summed E-state index contributed by atoms with van der Waals surface area (Å²) in [5.74, 6) is 0.109. The Balaban J connectivity index is 1.77. The number of carbonyl (C=O) groups is 1. The van der Waals surface area contributed by atoms with E-state index in [1.807, 2.05) is 24.0 Å². The van der Waals surface area contributed by atoms with Crippen molar-refractivity contribution in [3.63, 3.8) is 0 Å². The highest BCUT2D eigenvalue weighted by atomic mass is 19.1. The highest BCUT2D eigenvalue weighted by Crippen LogP contribution is 2.27. The fourth-order valence-electron chi connectivity index (χ4n) is 3.75. The van der Waals surface area contributed by atoms with Crippen molar-refractivity contribution in [2.75, 3.05) is 6.54 Å². The summed E-state index contributed by atoms with van der Waals surface area (Å²) < 4.78 is 19.7. The zero-order valence-electron chi connectivity index (χ0n) is 15.7. The van der Waals surface area contributed by atoms with Crippen LogP contribution in [0.3, 0.4) is 0 Å². The third kappa shape index (κ3) is 4.66. The lowest BCUT2D eigenvalue weighted by Crippen LogP contribution is -2.45. The van der Waals surface area contributed by atoms with Gasteiger partial charge in [0.1, 0.15) is 18.2 Å². The number of nitrogens with two attached hydrogens (primary N) is 1. The molecule has 0 aliphatic heterocycles. The van der Waals surface area contributed by atoms with Crippen LogP contribution in [0.15, 0.2) is 48.5 Å². The maximum absolute atomic E-state index is 13.8. The summed E-state index contributed by atoms with van der Waals surface area (Å²) in [5.41, 5.74) is 7.09. The second-order valence-corrected chi connectivity index (χ2v) is 7.05. The van der Waals surface area contributed by atoms with E-state index in [0.717, 1.165) is 25.7 Å². The number of benzene rings is 2. The van der Waals surface area contributed by atoms with E-state index >= 15 is 0 Å². The maximum Gasteiger partial charge on any atom is 0.257 e. The minimum atomic E-state index is -0.312. The van der Waals surface area contributed by atoms with Gasteiger partial charge in [-0.25, -0.2) is 4.39 Å². The third-order valence-corrected chi connectivity index (χ3v) is 5.19. The predicted octanol–water partition coefficient (Wildman–Crippen LogP) is 4.14. The van der Waals surface area contributed by atoms with Crippen LogP contribution in [0.25, 0.3) is 0 Å². The van der Waals surface area contributed by atoms with Crippen molar-refractivity contribution in [1.82, 2.24) is 4.90 Å². The van der Waals surface area contributed by atoms with E-state index in [1.54, 1.807) is 30.3 Å². The Hall–Kier alpha value is -2.40. The van der Waals surface area contributed by atoms with Crippen molar-refractivity contribution < 1.29 is 13.9 Å². The molecular formula is C22H27FN2O2. The Kier molecular flexibility index (Phi) is 6.45. The van der Waals surface area contributed by atoms with Gasteiger partial charge < -0.3 is 15.4 Å². The van der Waals surface area contributed by atoms with Crippen molar-refractivity contribution >= 4 is 5.91 Å². The Morgan fingerprint density at radius 3 is 2.67 bits per heavy atom. The summed E-state index contributed by atoms with van der Waals surface area (Å²) in [6.45, 7) is 2.69. The molecule has 0 heterocycles. The number of hydrogen-bond acceptors (Lipinski definition) is 3. The molecule has 2 aromatic carbocycles. The Morgan fingerprint density at radius 2 is 1.93 bits per heavy atom. The fourth-order valence-corrected chi connectivity index (χ4v) is 3.75. The van der Waals surface area contributed by atoms with E-state index in [0.29, 0.717) is 23.4 Å². The number of hydrogen-bond donors (Lipinski definition) is 1. The van der Waals surface area contributed by atoms with Gasteiger partial charge in [0.05, 0.1) is 5.56 Å². The van der Waals surface area contributed by atoms with Gasteiger partial charge in [0.2, 0.25) is 0 Å². The monoisotopic (exact) mass is 370 g/mol. The van der Waals surface area contributed by atoms with Crippen LogP contribution in [0.1, 0.15) is 48.5 Å². The fraction of sp³-hybridized carbons (Fsp3) is 0.409. The first kappa shape index (κ1) is 19.4. The first-order valence-corrected chi connectivity index (χ1v) is 9.62. The summed E-state index contributed by atoms with van der Waals surface area (Å²) in [5, 5.41) is 0. The zero-order chi connectivity index (χ0) is 19.2. The molecule has 0 saturated heterocycles. The van der Waals surface area contributed by atoms with Crippen LogP contribution in [0.4, 0.5) is 4.39 Å². The highest BCUT2D eigenvalue weighted by Gasteiger charge is 2.29. The first-order valence-electron chi connectivity index (χ1n) is 9.62. The number of ether oxygens (including phenoxy) is 1. The SMILES string of the molecule is CCN(C(=O)c1ccccc1OCc1ccccc1F)[C@@H]1CCC[C@H](N)C1. The summed E-state index contributed by atoms with van der Waals surface area (Å²) in [7, 11) is 0. The van der Waals surface area contributed by atoms with Gasteiger partial charge in [-0.05, 0) is 50.8 Å². The lowest BCUT2D eigenvalue weighted by atomic mass is 9.90. The van der Waals surface area contributed by atoms with E-state index in [4.69, 9.17) is 10.5 Å².